The molecule has 0 atom stereocenters. The van der Waals surface area contributed by atoms with Crippen LogP contribution in [0.15, 0.2) is 24.3 Å². The van der Waals surface area contributed by atoms with E-state index >= 15 is 0 Å². The molecular formula is C14H15F3O. The highest BCUT2D eigenvalue weighted by Gasteiger charge is 2.32. The maximum atomic E-state index is 13.9. The maximum Gasteiger partial charge on any atom is 0.359 e. The van der Waals surface area contributed by atoms with E-state index in [-0.39, 0.29) is 12.4 Å². The van der Waals surface area contributed by atoms with Gasteiger partial charge in [0.25, 0.3) is 0 Å². The van der Waals surface area contributed by atoms with Crippen molar-refractivity contribution in [2.45, 2.75) is 32.3 Å². The zero-order chi connectivity index (χ0) is 13.2. The number of alkyl halides is 2. The summed E-state index contributed by atoms with van der Waals surface area (Å²) in [7, 11) is 0. The van der Waals surface area contributed by atoms with Gasteiger partial charge in [-0.2, -0.15) is 8.78 Å². The number of ether oxygens (including phenoxy) is 1. The van der Waals surface area contributed by atoms with Crippen molar-refractivity contribution in [2.75, 3.05) is 6.61 Å². The van der Waals surface area contributed by atoms with Crippen LogP contribution in [0.5, 0.6) is 0 Å². The van der Waals surface area contributed by atoms with Crippen LogP contribution in [-0.4, -0.2) is 12.7 Å². The summed E-state index contributed by atoms with van der Waals surface area (Å²) in [5.41, 5.74) is 1.76. The monoisotopic (exact) mass is 256 g/mol. The SMILES string of the molecule is CCCc1ccc(C2=CCC(F)(F)OC2)c(F)c1. The summed E-state index contributed by atoms with van der Waals surface area (Å²) < 4.78 is 43.9. The van der Waals surface area contributed by atoms with Gasteiger partial charge >= 0.3 is 6.11 Å². The van der Waals surface area contributed by atoms with Crippen LogP contribution in [0.3, 0.4) is 0 Å². The summed E-state index contributed by atoms with van der Waals surface area (Å²) in [5, 5.41) is 0. The Hall–Kier alpha value is -1.29. The lowest BCUT2D eigenvalue weighted by Gasteiger charge is -2.22. The molecule has 0 aliphatic carbocycles. The van der Waals surface area contributed by atoms with E-state index in [1.54, 1.807) is 6.07 Å². The van der Waals surface area contributed by atoms with Gasteiger partial charge in [0.05, 0.1) is 13.0 Å². The molecule has 4 heteroatoms. The van der Waals surface area contributed by atoms with E-state index in [2.05, 4.69) is 4.74 Å². The number of halogens is 3. The Balaban J connectivity index is 2.22. The molecule has 0 fully saturated rings. The fourth-order valence-corrected chi connectivity index (χ4v) is 1.99. The molecule has 0 bridgehead atoms. The van der Waals surface area contributed by atoms with Crippen molar-refractivity contribution in [3.8, 4) is 0 Å². The lowest BCUT2D eigenvalue weighted by Crippen LogP contribution is -2.25. The molecule has 98 valence electrons. The van der Waals surface area contributed by atoms with E-state index in [1.807, 2.05) is 13.0 Å². The Morgan fingerprint density at radius 2 is 2.11 bits per heavy atom. The quantitative estimate of drug-likeness (QED) is 0.788. The normalized spacial score (nSPS) is 18.6. The molecule has 0 aromatic heterocycles. The van der Waals surface area contributed by atoms with Gasteiger partial charge in [0.1, 0.15) is 5.82 Å². The fourth-order valence-electron chi connectivity index (χ4n) is 1.99. The van der Waals surface area contributed by atoms with Gasteiger partial charge < -0.3 is 4.74 Å². The molecule has 2 rings (SSSR count). The van der Waals surface area contributed by atoms with Crippen LogP contribution >= 0.6 is 0 Å². The number of aryl methyl sites for hydroxylation is 1. The standard InChI is InChI=1S/C14H15F3O/c1-2-3-10-4-5-12(13(15)8-10)11-6-7-14(16,17)18-9-11/h4-6,8H,2-3,7,9H2,1H3. The summed E-state index contributed by atoms with van der Waals surface area (Å²) in [6, 6.07) is 4.93. The van der Waals surface area contributed by atoms with Crippen molar-refractivity contribution >= 4 is 5.57 Å². The van der Waals surface area contributed by atoms with E-state index in [0.29, 0.717) is 11.1 Å². The van der Waals surface area contributed by atoms with Crippen molar-refractivity contribution in [3.63, 3.8) is 0 Å². The molecule has 0 radical (unpaired) electrons. The van der Waals surface area contributed by atoms with Gasteiger partial charge in [-0.1, -0.05) is 31.6 Å². The van der Waals surface area contributed by atoms with Crippen LogP contribution in [-0.2, 0) is 11.2 Å². The number of hydrogen-bond acceptors (Lipinski definition) is 1. The molecule has 1 aliphatic rings. The fraction of sp³-hybridized carbons (Fsp3) is 0.429. The van der Waals surface area contributed by atoms with Crippen molar-refractivity contribution < 1.29 is 17.9 Å². The second-order valence-corrected chi connectivity index (χ2v) is 4.42. The molecule has 18 heavy (non-hydrogen) atoms. The van der Waals surface area contributed by atoms with Gasteiger partial charge in [0, 0.05) is 5.56 Å². The first-order chi connectivity index (χ1) is 8.52. The summed E-state index contributed by atoms with van der Waals surface area (Å²) in [4.78, 5) is 0. The van der Waals surface area contributed by atoms with E-state index < -0.39 is 12.5 Å². The van der Waals surface area contributed by atoms with Gasteiger partial charge in [-0.05, 0) is 23.6 Å². The maximum absolute atomic E-state index is 13.9. The molecule has 0 spiro atoms. The van der Waals surface area contributed by atoms with E-state index in [9.17, 15) is 13.2 Å². The first-order valence-electron chi connectivity index (χ1n) is 6.01. The Morgan fingerprint density at radius 1 is 1.33 bits per heavy atom. The Kier molecular flexibility index (Phi) is 3.76. The highest BCUT2D eigenvalue weighted by atomic mass is 19.3. The molecular weight excluding hydrogens is 241 g/mol. The minimum absolute atomic E-state index is 0.253. The van der Waals surface area contributed by atoms with Crippen LogP contribution in [0, 0.1) is 5.82 Å². The van der Waals surface area contributed by atoms with Gasteiger partial charge in [-0.3, -0.25) is 0 Å². The highest BCUT2D eigenvalue weighted by molar-refractivity contribution is 5.67. The smallest absolute Gasteiger partial charge is 0.315 e. The Bertz CT molecular complexity index is 466. The average Bonchev–Trinajstić information content (AvgIpc) is 2.31. The summed E-state index contributed by atoms with van der Waals surface area (Å²) >= 11 is 0. The number of rotatable bonds is 3. The van der Waals surface area contributed by atoms with Crippen LogP contribution in [0.25, 0.3) is 5.57 Å². The first kappa shape index (κ1) is 13.1. The Morgan fingerprint density at radius 3 is 2.67 bits per heavy atom. The topological polar surface area (TPSA) is 9.23 Å². The number of benzene rings is 1. The lowest BCUT2D eigenvalue weighted by atomic mass is 10.00. The van der Waals surface area contributed by atoms with Crippen LogP contribution in [0.4, 0.5) is 13.2 Å². The predicted octanol–water partition coefficient (Wildman–Crippen LogP) is 4.17. The molecule has 0 amide bonds. The van der Waals surface area contributed by atoms with Crippen LogP contribution < -0.4 is 0 Å². The van der Waals surface area contributed by atoms with Crippen molar-refractivity contribution in [2.24, 2.45) is 0 Å². The van der Waals surface area contributed by atoms with Crippen molar-refractivity contribution in [1.82, 2.24) is 0 Å². The van der Waals surface area contributed by atoms with Gasteiger partial charge in [-0.25, -0.2) is 4.39 Å². The molecule has 0 saturated carbocycles. The Labute approximate surface area is 104 Å². The molecule has 0 N–H and O–H groups in total. The third kappa shape index (κ3) is 2.93. The van der Waals surface area contributed by atoms with Gasteiger partial charge in [-0.15, -0.1) is 0 Å². The van der Waals surface area contributed by atoms with Crippen LogP contribution in [0.1, 0.15) is 30.9 Å². The lowest BCUT2D eigenvalue weighted by molar-refractivity contribution is -0.231. The van der Waals surface area contributed by atoms with Gasteiger partial charge in [0.15, 0.2) is 0 Å². The second-order valence-electron chi connectivity index (χ2n) is 4.42. The van der Waals surface area contributed by atoms with E-state index in [0.717, 1.165) is 18.4 Å². The molecule has 1 nitrogen and oxygen atoms in total. The molecule has 1 aromatic carbocycles. The zero-order valence-corrected chi connectivity index (χ0v) is 10.2. The third-order valence-corrected chi connectivity index (χ3v) is 2.94. The summed E-state index contributed by atoms with van der Waals surface area (Å²) in [5.74, 6) is -0.374. The van der Waals surface area contributed by atoms with E-state index in [1.165, 1.54) is 12.1 Å². The molecule has 1 aromatic rings. The average molecular weight is 256 g/mol. The second kappa shape index (κ2) is 5.14. The molecule has 1 heterocycles. The summed E-state index contributed by atoms with van der Waals surface area (Å²) in [6.45, 7) is 1.77. The first-order valence-corrected chi connectivity index (χ1v) is 6.01. The minimum Gasteiger partial charge on any atom is -0.315 e. The van der Waals surface area contributed by atoms with Gasteiger partial charge in [0.2, 0.25) is 0 Å². The van der Waals surface area contributed by atoms with E-state index in [4.69, 9.17) is 0 Å². The zero-order valence-electron chi connectivity index (χ0n) is 10.2. The van der Waals surface area contributed by atoms with Crippen molar-refractivity contribution in [3.05, 3.63) is 41.2 Å². The molecule has 0 saturated heterocycles. The van der Waals surface area contributed by atoms with Crippen molar-refractivity contribution in [1.29, 1.82) is 0 Å². The number of hydrogen-bond donors (Lipinski definition) is 0. The largest absolute Gasteiger partial charge is 0.359 e. The highest BCUT2D eigenvalue weighted by Crippen LogP contribution is 2.31. The van der Waals surface area contributed by atoms with Crippen LogP contribution in [0.2, 0.25) is 0 Å². The third-order valence-electron chi connectivity index (χ3n) is 2.94. The minimum atomic E-state index is -3.12. The predicted molar refractivity (Wildman–Crippen MR) is 63.9 cm³/mol. The summed E-state index contributed by atoms with van der Waals surface area (Å²) in [6.07, 6.45) is -0.524. The molecule has 1 aliphatic heterocycles. The molecule has 0 unspecified atom stereocenters.